The molecule has 2 aromatic heterocycles. The van der Waals surface area contributed by atoms with Crippen molar-refractivity contribution in [3.05, 3.63) is 71.5 Å². The number of halogens is 1. The van der Waals surface area contributed by atoms with Gasteiger partial charge >= 0.3 is 6.09 Å². The maximum absolute atomic E-state index is 12.8. The molecule has 1 saturated carbocycles. The first-order chi connectivity index (χ1) is 17.5. The van der Waals surface area contributed by atoms with Gasteiger partial charge in [-0.15, -0.1) is 0 Å². The van der Waals surface area contributed by atoms with Gasteiger partial charge < -0.3 is 4.74 Å². The summed E-state index contributed by atoms with van der Waals surface area (Å²) in [6.45, 7) is 5.25. The van der Waals surface area contributed by atoms with Crippen molar-refractivity contribution in [1.82, 2.24) is 19.3 Å². The summed E-state index contributed by atoms with van der Waals surface area (Å²) in [6, 6.07) is 15.3. The van der Waals surface area contributed by atoms with E-state index >= 15 is 0 Å². The number of anilines is 1. The zero-order valence-electron chi connectivity index (χ0n) is 20.5. The summed E-state index contributed by atoms with van der Waals surface area (Å²) in [5.74, 6) is 0.554. The molecule has 0 unspecified atom stereocenters. The van der Waals surface area contributed by atoms with Crippen LogP contribution in [0.1, 0.15) is 45.2 Å². The lowest BCUT2D eigenvalue weighted by Gasteiger charge is -2.20. The Kier molecular flexibility index (Phi) is 6.43. The lowest BCUT2D eigenvalue weighted by Crippen LogP contribution is -2.40. The monoisotopic (exact) mass is 539 g/mol. The molecule has 1 amide bonds. The predicted molar refractivity (Wildman–Crippen MR) is 142 cm³/mol. The number of sulfonamides is 1. The fraction of sp³-hybridized carbons (Fsp3) is 0.269. The summed E-state index contributed by atoms with van der Waals surface area (Å²) in [5.41, 5.74) is 2.63. The Morgan fingerprint density at radius 2 is 1.84 bits per heavy atom. The summed E-state index contributed by atoms with van der Waals surface area (Å²) in [4.78, 5) is 17.5. The number of nitrogens with one attached hydrogen (secondary N) is 2. The maximum atomic E-state index is 12.8. The first kappa shape index (κ1) is 25.2. The quantitative estimate of drug-likeness (QED) is 0.329. The average Bonchev–Trinajstić information content (AvgIpc) is 3.59. The number of hydrogen-bond donors (Lipinski definition) is 2. The topological polar surface area (TPSA) is 115 Å². The number of carbonyl (C=O) groups is 1. The van der Waals surface area contributed by atoms with Crippen LogP contribution in [0.5, 0.6) is 5.75 Å². The van der Waals surface area contributed by atoms with Crippen LogP contribution in [0.25, 0.3) is 16.9 Å². The Hall–Kier alpha value is -3.47. The zero-order valence-corrected chi connectivity index (χ0v) is 22.1. The van der Waals surface area contributed by atoms with Crippen LogP contribution < -0.4 is 14.8 Å². The molecule has 2 heterocycles. The van der Waals surface area contributed by atoms with Gasteiger partial charge in [-0.05, 0) is 70.0 Å². The van der Waals surface area contributed by atoms with E-state index in [0.717, 1.165) is 29.8 Å². The molecule has 9 nitrogen and oxygen atoms in total. The lowest BCUT2D eigenvalue weighted by molar-refractivity contribution is 0.215. The second kappa shape index (κ2) is 9.44. The number of carbonyl (C=O) groups excluding carboxylic acids is 1. The standard InChI is InChI=1S/C26H26ClN5O4S/c1-26(2,3)31-37(34,35)20-6-4-5-19(13-20)29-25(33)36-23-15-28-32-22(17-7-8-17)14-21(30-24(23)32)16-9-11-18(27)12-10-16/h4-6,9-15,17,31H,7-8H2,1-3H3,(H,29,33). The van der Waals surface area contributed by atoms with Crippen LogP contribution in [0.2, 0.25) is 5.02 Å². The Balaban J connectivity index is 1.40. The molecule has 1 aliphatic rings. The normalized spacial score (nSPS) is 14.1. The number of hydrogen-bond acceptors (Lipinski definition) is 6. The average molecular weight is 540 g/mol. The third-order valence-corrected chi connectivity index (χ3v) is 7.64. The van der Waals surface area contributed by atoms with E-state index in [1.807, 2.05) is 18.2 Å². The summed E-state index contributed by atoms with van der Waals surface area (Å²) in [5, 5.41) is 7.63. The van der Waals surface area contributed by atoms with Crippen LogP contribution in [0, 0.1) is 0 Å². The van der Waals surface area contributed by atoms with Gasteiger partial charge in [-0.25, -0.2) is 27.4 Å². The van der Waals surface area contributed by atoms with E-state index in [2.05, 4.69) is 15.1 Å². The second-order valence-corrected chi connectivity index (χ2v) is 12.1. The third-order valence-electron chi connectivity index (χ3n) is 5.64. The SMILES string of the molecule is CC(C)(C)NS(=O)(=O)c1cccc(NC(=O)Oc2cnn3c(C4CC4)cc(-c4ccc(Cl)cc4)nc23)c1. The first-order valence-corrected chi connectivity index (χ1v) is 13.6. The summed E-state index contributed by atoms with van der Waals surface area (Å²) >= 11 is 6.04. The van der Waals surface area contributed by atoms with E-state index in [1.165, 1.54) is 18.3 Å². The molecule has 1 aliphatic carbocycles. The molecule has 2 N–H and O–H groups in total. The van der Waals surface area contributed by atoms with Crippen molar-refractivity contribution < 1.29 is 17.9 Å². The van der Waals surface area contributed by atoms with Gasteiger partial charge in [0.05, 0.1) is 16.8 Å². The van der Waals surface area contributed by atoms with Crippen molar-refractivity contribution >= 4 is 39.1 Å². The number of amides is 1. The smallest absolute Gasteiger partial charge is 0.404 e. The van der Waals surface area contributed by atoms with Gasteiger partial charge in [0, 0.05) is 33.4 Å². The molecule has 192 valence electrons. The summed E-state index contributed by atoms with van der Waals surface area (Å²) in [7, 11) is -3.77. The van der Waals surface area contributed by atoms with E-state index in [-0.39, 0.29) is 16.3 Å². The fourth-order valence-corrected chi connectivity index (χ4v) is 5.51. The second-order valence-electron chi connectivity index (χ2n) is 9.99. The van der Waals surface area contributed by atoms with E-state index in [4.69, 9.17) is 21.3 Å². The van der Waals surface area contributed by atoms with Gasteiger partial charge in [0.1, 0.15) is 0 Å². The van der Waals surface area contributed by atoms with Crippen molar-refractivity contribution in [1.29, 1.82) is 0 Å². The molecule has 0 spiro atoms. The number of rotatable bonds is 6. The number of aromatic nitrogens is 3. The minimum absolute atomic E-state index is 0.0274. The highest BCUT2D eigenvalue weighted by molar-refractivity contribution is 7.89. The molecule has 0 aliphatic heterocycles. The summed E-state index contributed by atoms with van der Waals surface area (Å²) in [6.07, 6.45) is 2.77. The highest BCUT2D eigenvalue weighted by Gasteiger charge is 2.29. The molecule has 0 bridgehead atoms. The number of fused-ring (bicyclic) bond motifs is 1. The van der Waals surface area contributed by atoms with Crippen molar-refractivity contribution in [2.75, 3.05) is 5.32 Å². The fourth-order valence-electron chi connectivity index (χ4n) is 3.92. The van der Waals surface area contributed by atoms with Gasteiger partial charge in [-0.2, -0.15) is 5.10 Å². The molecule has 0 saturated heterocycles. The van der Waals surface area contributed by atoms with Gasteiger partial charge in [0.25, 0.3) is 0 Å². The number of benzene rings is 2. The Morgan fingerprint density at radius 1 is 1.11 bits per heavy atom. The van der Waals surface area contributed by atoms with Gasteiger partial charge in [-0.3, -0.25) is 5.32 Å². The molecule has 11 heteroatoms. The van der Waals surface area contributed by atoms with Crippen LogP contribution in [0.3, 0.4) is 0 Å². The van der Waals surface area contributed by atoms with Crippen LogP contribution >= 0.6 is 11.6 Å². The first-order valence-electron chi connectivity index (χ1n) is 11.8. The third kappa shape index (κ3) is 5.76. The van der Waals surface area contributed by atoms with Crippen LogP contribution in [0.15, 0.2) is 65.7 Å². The van der Waals surface area contributed by atoms with Crippen molar-refractivity contribution in [3.63, 3.8) is 0 Å². The minimum Gasteiger partial charge on any atom is -0.404 e. The molecule has 0 radical (unpaired) electrons. The number of nitrogens with zero attached hydrogens (tertiary/aromatic N) is 3. The molecular weight excluding hydrogens is 514 g/mol. The van der Waals surface area contributed by atoms with E-state index in [0.29, 0.717) is 16.6 Å². The van der Waals surface area contributed by atoms with Crippen LogP contribution in [0.4, 0.5) is 10.5 Å². The van der Waals surface area contributed by atoms with Crippen molar-refractivity contribution in [2.24, 2.45) is 0 Å². The van der Waals surface area contributed by atoms with E-state index in [1.54, 1.807) is 49.6 Å². The van der Waals surface area contributed by atoms with Gasteiger partial charge in [0.15, 0.2) is 11.4 Å². The Morgan fingerprint density at radius 3 is 2.51 bits per heavy atom. The summed E-state index contributed by atoms with van der Waals surface area (Å²) < 4.78 is 35.2. The molecule has 37 heavy (non-hydrogen) atoms. The van der Waals surface area contributed by atoms with E-state index in [9.17, 15) is 13.2 Å². The van der Waals surface area contributed by atoms with E-state index < -0.39 is 21.7 Å². The Labute approximate surface area is 219 Å². The zero-order chi connectivity index (χ0) is 26.4. The molecule has 4 aromatic rings. The minimum atomic E-state index is -3.77. The van der Waals surface area contributed by atoms with Gasteiger partial charge in [0.2, 0.25) is 10.0 Å². The van der Waals surface area contributed by atoms with Crippen LogP contribution in [-0.2, 0) is 10.0 Å². The van der Waals surface area contributed by atoms with Crippen LogP contribution in [-0.4, -0.2) is 34.6 Å². The largest absolute Gasteiger partial charge is 0.417 e. The Bertz CT molecular complexity index is 1590. The lowest BCUT2D eigenvalue weighted by atomic mass is 10.1. The van der Waals surface area contributed by atoms with Crippen molar-refractivity contribution in [3.8, 4) is 17.0 Å². The molecule has 5 rings (SSSR count). The molecule has 0 atom stereocenters. The van der Waals surface area contributed by atoms with Gasteiger partial charge in [-0.1, -0.05) is 29.8 Å². The highest BCUT2D eigenvalue weighted by atomic mass is 35.5. The highest BCUT2D eigenvalue weighted by Crippen LogP contribution is 2.41. The molecular formula is C26H26ClN5O4S. The predicted octanol–water partition coefficient (Wildman–Crippen LogP) is 5.61. The van der Waals surface area contributed by atoms with Crippen molar-refractivity contribution in [2.45, 2.75) is 50.0 Å². The maximum Gasteiger partial charge on any atom is 0.417 e. The molecule has 2 aromatic carbocycles. The molecule has 1 fully saturated rings. The number of ether oxygens (including phenoxy) is 1.